The van der Waals surface area contributed by atoms with Crippen LogP contribution in [0.1, 0.15) is 59.3 Å². The molecule has 0 saturated heterocycles. The minimum absolute atomic E-state index is 0.0343. The SMILES string of the molecule is CCCC(=O)NCCCN(CCCNC(=O)CC)C(=O)CC. The summed E-state index contributed by atoms with van der Waals surface area (Å²) in [6, 6.07) is 0. The molecule has 22 heavy (non-hydrogen) atoms. The van der Waals surface area contributed by atoms with Crippen LogP contribution in [-0.2, 0) is 14.4 Å². The van der Waals surface area contributed by atoms with Crippen LogP contribution in [-0.4, -0.2) is 48.8 Å². The molecule has 0 spiro atoms. The van der Waals surface area contributed by atoms with Crippen LogP contribution in [0, 0.1) is 0 Å². The van der Waals surface area contributed by atoms with Crippen LogP contribution in [0.2, 0.25) is 0 Å². The van der Waals surface area contributed by atoms with E-state index in [4.69, 9.17) is 0 Å². The zero-order valence-corrected chi connectivity index (χ0v) is 14.2. The van der Waals surface area contributed by atoms with Crippen LogP contribution in [0.5, 0.6) is 0 Å². The fraction of sp³-hybridized carbons (Fsp3) is 0.812. The Morgan fingerprint density at radius 2 is 1.36 bits per heavy atom. The van der Waals surface area contributed by atoms with Crippen molar-refractivity contribution in [2.45, 2.75) is 59.3 Å². The van der Waals surface area contributed by atoms with Crippen molar-refractivity contribution in [1.82, 2.24) is 15.5 Å². The van der Waals surface area contributed by atoms with Gasteiger partial charge in [0.1, 0.15) is 0 Å². The average Bonchev–Trinajstić information content (AvgIpc) is 2.52. The van der Waals surface area contributed by atoms with Crippen molar-refractivity contribution in [1.29, 1.82) is 0 Å². The lowest BCUT2D eigenvalue weighted by Gasteiger charge is -2.22. The summed E-state index contributed by atoms with van der Waals surface area (Å²) in [6.45, 7) is 8.09. The molecule has 0 aliphatic carbocycles. The van der Waals surface area contributed by atoms with Crippen molar-refractivity contribution in [2.75, 3.05) is 26.2 Å². The van der Waals surface area contributed by atoms with E-state index < -0.39 is 0 Å². The van der Waals surface area contributed by atoms with E-state index in [0.29, 0.717) is 45.4 Å². The van der Waals surface area contributed by atoms with E-state index in [1.807, 2.05) is 25.7 Å². The summed E-state index contributed by atoms with van der Waals surface area (Å²) in [6.07, 6.45) is 3.85. The third kappa shape index (κ3) is 10.2. The molecule has 0 saturated carbocycles. The Balaban J connectivity index is 3.95. The molecule has 6 nitrogen and oxygen atoms in total. The van der Waals surface area contributed by atoms with Gasteiger partial charge in [-0.2, -0.15) is 0 Å². The van der Waals surface area contributed by atoms with Crippen LogP contribution in [0.3, 0.4) is 0 Å². The first kappa shape index (κ1) is 20.4. The second-order valence-electron chi connectivity index (χ2n) is 5.24. The highest BCUT2D eigenvalue weighted by Gasteiger charge is 2.11. The maximum Gasteiger partial charge on any atom is 0.222 e. The van der Waals surface area contributed by atoms with E-state index in [0.717, 1.165) is 19.3 Å². The summed E-state index contributed by atoms with van der Waals surface area (Å²) < 4.78 is 0. The number of hydrogen-bond acceptors (Lipinski definition) is 3. The molecule has 0 aromatic rings. The van der Waals surface area contributed by atoms with E-state index in [9.17, 15) is 14.4 Å². The Bertz CT molecular complexity index is 346. The first-order chi connectivity index (χ1) is 10.5. The van der Waals surface area contributed by atoms with Crippen LogP contribution < -0.4 is 10.6 Å². The molecule has 128 valence electrons. The smallest absolute Gasteiger partial charge is 0.222 e. The van der Waals surface area contributed by atoms with Crippen molar-refractivity contribution < 1.29 is 14.4 Å². The second-order valence-corrected chi connectivity index (χ2v) is 5.24. The Morgan fingerprint density at radius 1 is 0.818 bits per heavy atom. The highest BCUT2D eigenvalue weighted by molar-refractivity contribution is 5.76. The Morgan fingerprint density at radius 3 is 1.82 bits per heavy atom. The van der Waals surface area contributed by atoms with Gasteiger partial charge in [0.2, 0.25) is 17.7 Å². The molecule has 0 aromatic carbocycles. The third-order valence-electron chi connectivity index (χ3n) is 3.31. The van der Waals surface area contributed by atoms with E-state index in [1.54, 1.807) is 0 Å². The lowest BCUT2D eigenvalue weighted by Crippen LogP contribution is -2.36. The van der Waals surface area contributed by atoms with Gasteiger partial charge in [-0.3, -0.25) is 14.4 Å². The van der Waals surface area contributed by atoms with Gasteiger partial charge < -0.3 is 15.5 Å². The average molecular weight is 313 g/mol. The van der Waals surface area contributed by atoms with Gasteiger partial charge in [-0.15, -0.1) is 0 Å². The van der Waals surface area contributed by atoms with Gasteiger partial charge in [-0.25, -0.2) is 0 Å². The number of carbonyl (C=O) groups is 3. The number of rotatable bonds is 12. The van der Waals surface area contributed by atoms with Crippen LogP contribution in [0.15, 0.2) is 0 Å². The fourth-order valence-corrected chi connectivity index (χ4v) is 2.02. The number of amides is 3. The van der Waals surface area contributed by atoms with Crippen molar-refractivity contribution in [3.63, 3.8) is 0 Å². The summed E-state index contributed by atoms with van der Waals surface area (Å²) in [5, 5.41) is 5.66. The molecule has 0 rings (SSSR count). The van der Waals surface area contributed by atoms with Crippen molar-refractivity contribution in [3.05, 3.63) is 0 Å². The van der Waals surface area contributed by atoms with Crippen LogP contribution in [0.4, 0.5) is 0 Å². The summed E-state index contributed by atoms with van der Waals surface area (Å²) in [7, 11) is 0. The molecule has 0 radical (unpaired) electrons. The summed E-state index contributed by atoms with van der Waals surface area (Å²) in [5.41, 5.74) is 0. The topological polar surface area (TPSA) is 78.5 Å². The zero-order chi connectivity index (χ0) is 16.8. The first-order valence-electron chi connectivity index (χ1n) is 8.36. The monoisotopic (exact) mass is 313 g/mol. The molecule has 0 aliphatic rings. The maximum absolute atomic E-state index is 11.9. The molecular formula is C16H31N3O3. The van der Waals surface area contributed by atoms with Gasteiger partial charge in [0.25, 0.3) is 0 Å². The zero-order valence-electron chi connectivity index (χ0n) is 14.2. The van der Waals surface area contributed by atoms with Crippen molar-refractivity contribution in [3.8, 4) is 0 Å². The van der Waals surface area contributed by atoms with E-state index in [-0.39, 0.29) is 17.7 Å². The number of nitrogens with one attached hydrogen (secondary N) is 2. The lowest BCUT2D eigenvalue weighted by molar-refractivity contribution is -0.130. The van der Waals surface area contributed by atoms with Crippen LogP contribution >= 0.6 is 0 Å². The number of nitrogens with zero attached hydrogens (tertiary/aromatic N) is 1. The molecule has 0 bridgehead atoms. The number of hydrogen-bond donors (Lipinski definition) is 2. The van der Waals surface area contributed by atoms with E-state index in [2.05, 4.69) is 10.6 Å². The Kier molecular flexibility index (Phi) is 12.2. The van der Waals surface area contributed by atoms with Crippen molar-refractivity contribution in [2.24, 2.45) is 0 Å². The highest BCUT2D eigenvalue weighted by Crippen LogP contribution is 1.98. The predicted octanol–water partition coefficient (Wildman–Crippen LogP) is 1.45. The molecule has 6 heteroatoms. The highest BCUT2D eigenvalue weighted by atomic mass is 16.2. The molecule has 0 aliphatic heterocycles. The lowest BCUT2D eigenvalue weighted by atomic mass is 10.2. The molecule has 0 aromatic heterocycles. The minimum atomic E-state index is 0.0343. The second kappa shape index (κ2) is 13.1. The molecular weight excluding hydrogens is 282 g/mol. The quantitative estimate of drug-likeness (QED) is 0.535. The minimum Gasteiger partial charge on any atom is -0.356 e. The molecule has 2 N–H and O–H groups in total. The van der Waals surface area contributed by atoms with Gasteiger partial charge in [-0.05, 0) is 19.3 Å². The van der Waals surface area contributed by atoms with Gasteiger partial charge in [0, 0.05) is 45.4 Å². The Labute approximate surface area is 134 Å². The normalized spacial score (nSPS) is 10.1. The van der Waals surface area contributed by atoms with Gasteiger partial charge in [0.15, 0.2) is 0 Å². The molecule has 0 heterocycles. The summed E-state index contributed by atoms with van der Waals surface area (Å²) >= 11 is 0. The Hall–Kier alpha value is -1.59. The molecule has 0 unspecified atom stereocenters. The summed E-state index contributed by atoms with van der Waals surface area (Å²) in [5.74, 6) is 0.215. The van der Waals surface area contributed by atoms with Gasteiger partial charge >= 0.3 is 0 Å². The fourth-order valence-electron chi connectivity index (χ4n) is 2.02. The largest absolute Gasteiger partial charge is 0.356 e. The van der Waals surface area contributed by atoms with Gasteiger partial charge in [0.05, 0.1) is 0 Å². The standard InChI is InChI=1S/C16H31N3O3/c1-4-9-15(21)18-11-8-13-19(16(22)6-3)12-7-10-17-14(20)5-2/h4-13H2,1-3H3,(H,17,20)(H,18,21). The molecule has 0 fully saturated rings. The maximum atomic E-state index is 11.9. The first-order valence-corrected chi connectivity index (χ1v) is 8.36. The van der Waals surface area contributed by atoms with E-state index in [1.165, 1.54) is 0 Å². The van der Waals surface area contributed by atoms with E-state index >= 15 is 0 Å². The third-order valence-corrected chi connectivity index (χ3v) is 3.31. The summed E-state index contributed by atoms with van der Waals surface area (Å²) in [4.78, 5) is 36.2. The molecule has 0 atom stereocenters. The van der Waals surface area contributed by atoms with Gasteiger partial charge in [-0.1, -0.05) is 20.8 Å². The van der Waals surface area contributed by atoms with Crippen molar-refractivity contribution >= 4 is 17.7 Å². The number of carbonyl (C=O) groups excluding carboxylic acids is 3. The predicted molar refractivity (Wildman–Crippen MR) is 87.3 cm³/mol. The molecule has 3 amide bonds. The van der Waals surface area contributed by atoms with Crippen LogP contribution in [0.25, 0.3) is 0 Å².